The molecule has 136 valence electrons. The van der Waals surface area contributed by atoms with E-state index < -0.39 is 0 Å². The van der Waals surface area contributed by atoms with E-state index in [1.807, 2.05) is 54.6 Å². The minimum absolute atomic E-state index is 0.0775. The lowest BCUT2D eigenvalue weighted by atomic mass is 10.2. The number of hydrogen-bond donors (Lipinski definition) is 1. The molecule has 0 fully saturated rings. The SMILES string of the molecule is COc1ccccc1CSCc1nc2sc(-c3ccccc3)cc2c(=O)[nH]1. The molecule has 0 atom stereocenters. The Morgan fingerprint density at radius 2 is 1.85 bits per heavy atom. The van der Waals surface area contributed by atoms with E-state index in [0.29, 0.717) is 17.0 Å². The summed E-state index contributed by atoms with van der Waals surface area (Å²) >= 11 is 3.26. The van der Waals surface area contributed by atoms with Crippen LogP contribution in [-0.2, 0) is 11.5 Å². The maximum absolute atomic E-state index is 12.5. The summed E-state index contributed by atoms with van der Waals surface area (Å²) < 4.78 is 5.38. The lowest BCUT2D eigenvalue weighted by Crippen LogP contribution is -2.09. The third-order valence-electron chi connectivity index (χ3n) is 4.20. The van der Waals surface area contributed by atoms with Crippen molar-refractivity contribution in [2.24, 2.45) is 0 Å². The van der Waals surface area contributed by atoms with E-state index in [2.05, 4.69) is 16.0 Å². The number of nitrogens with one attached hydrogen (secondary N) is 1. The van der Waals surface area contributed by atoms with Gasteiger partial charge in [-0.1, -0.05) is 48.5 Å². The quantitative estimate of drug-likeness (QED) is 0.495. The second-order valence-corrected chi connectivity index (χ2v) is 8.03. The van der Waals surface area contributed by atoms with Gasteiger partial charge in [0.2, 0.25) is 0 Å². The van der Waals surface area contributed by atoms with Crippen molar-refractivity contribution in [2.75, 3.05) is 7.11 Å². The largest absolute Gasteiger partial charge is 0.496 e. The predicted molar refractivity (Wildman–Crippen MR) is 114 cm³/mol. The number of H-pyrrole nitrogens is 1. The maximum Gasteiger partial charge on any atom is 0.259 e. The molecule has 1 N–H and O–H groups in total. The number of ether oxygens (including phenoxy) is 1. The van der Waals surface area contributed by atoms with Gasteiger partial charge in [0.25, 0.3) is 5.56 Å². The Labute approximate surface area is 165 Å². The van der Waals surface area contributed by atoms with Gasteiger partial charge < -0.3 is 9.72 Å². The Bertz CT molecular complexity index is 1120. The molecule has 2 heterocycles. The van der Waals surface area contributed by atoms with Crippen molar-refractivity contribution in [1.82, 2.24) is 9.97 Å². The summed E-state index contributed by atoms with van der Waals surface area (Å²) in [7, 11) is 1.68. The van der Waals surface area contributed by atoms with Crippen molar-refractivity contribution in [3.8, 4) is 16.2 Å². The van der Waals surface area contributed by atoms with E-state index in [0.717, 1.165) is 32.3 Å². The molecule has 2 aromatic carbocycles. The number of rotatable bonds is 6. The van der Waals surface area contributed by atoms with Crippen molar-refractivity contribution in [1.29, 1.82) is 0 Å². The van der Waals surface area contributed by atoms with E-state index in [9.17, 15) is 4.79 Å². The number of benzene rings is 2. The summed E-state index contributed by atoms with van der Waals surface area (Å²) in [5, 5.41) is 0.650. The van der Waals surface area contributed by atoms with E-state index in [1.165, 1.54) is 0 Å². The highest BCUT2D eigenvalue weighted by Gasteiger charge is 2.10. The molecule has 27 heavy (non-hydrogen) atoms. The van der Waals surface area contributed by atoms with Gasteiger partial charge >= 0.3 is 0 Å². The zero-order chi connectivity index (χ0) is 18.6. The molecule has 0 bridgehead atoms. The molecule has 0 radical (unpaired) electrons. The van der Waals surface area contributed by atoms with Gasteiger partial charge in [-0.25, -0.2) is 4.98 Å². The van der Waals surface area contributed by atoms with Gasteiger partial charge in [0.1, 0.15) is 16.4 Å². The van der Waals surface area contributed by atoms with Gasteiger partial charge in [0.15, 0.2) is 0 Å². The van der Waals surface area contributed by atoms with E-state index in [-0.39, 0.29) is 5.56 Å². The van der Waals surface area contributed by atoms with Crippen LogP contribution in [0.15, 0.2) is 65.5 Å². The third kappa shape index (κ3) is 3.91. The van der Waals surface area contributed by atoms with Crippen LogP contribution in [0.25, 0.3) is 20.7 Å². The lowest BCUT2D eigenvalue weighted by Gasteiger charge is -2.07. The van der Waals surface area contributed by atoms with E-state index in [1.54, 1.807) is 30.2 Å². The minimum Gasteiger partial charge on any atom is -0.496 e. The molecule has 6 heteroatoms. The molecule has 4 nitrogen and oxygen atoms in total. The minimum atomic E-state index is -0.0775. The highest BCUT2D eigenvalue weighted by atomic mass is 32.2. The van der Waals surface area contributed by atoms with Gasteiger partial charge in [0.05, 0.1) is 18.2 Å². The van der Waals surface area contributed by atoms with Gasteiger partial charge in [-0.2, -0.15) is 0 Å². The summed E-state index contributed by atoms with van der Waals surface area (Å²) in [5.74, 6) is 3.02. The molecule has 4 rings (SSSR count). The second kappa shape index (κ2) is 7.98. The molecule has 0 saturated carbocycles. The highest BCUT2D eigenvalue weighted by molar-refractivity contribution is 7.97. The summed E-state index contributed by atoms with van der Waals surface area (Å²) in [6.45, 7) is 0. The Morgan fingerprint density at radius 1 is 1.07 bits per heavy atom. The molecular formula is C21H18N2O2S2. The van der Waals surface area contributed by atoms with Crippen LogP contribution in [-0.4, -0.2) is 17.1 Å². The Morgan fingerprint density at radius 3 is 2.67 bits per heavy atom. The molecule has 0 aliphatic rings. The van der Waals surface area contributed by atoms with Crippen LogP contribution in [0, 0.1) is 0 Å². The second-order valence-electron chi connectivity index (χ2n) is 6.01. The smallest absolute Gasteiger partial charge is 0.259 e. The maximum atomic E-state index is 12.5. The van der Waals surface area contributed by atoms with Gasteiger partial charge in [0, 0.05) is 16.2 Å². The van der Waals surface area contributed by atoms with E-state index in [4.69, 9.17) is 4.74 Å². The van der Waals surface area contributed by atoms with Crippen molar-refractivity contribution in [3.63, 3.8) is 0 Å². The van der Waals surface area contributed by atoms with Crippen molar-refractivity contribution in [3.05, 3.63) is 82.4 Å². The van der Waals surface area contributed by atoms with Crippen LogP contribution in [0.1, 0.15) is 11.4 Å². The summed E-state index contributed by atoms with van der Waals surface area (Å²) in [6, 6.07) is 20.0. The third-order valence-corrected chi connectivity index (χ3v) is 6.27. The van der Waals surface area contributed by atoms with Crippen LogP contribution in [0.4, 0.5) is 0 Å². The first kappa shape index (κ1) is 17.8. The predicted octanol–water partition coefficient (Wildman–Crippen LogP) is 5.09. The Balaban J connectivity index is 1.54. The zero-order valence-corrected chi connectivity index (χ0v) is 16.4. The molecule has 0 unspecified atom stereocenters. The van der Waals surface area contributed by atoms with Crippen molar-refractivity contribution >= 4 is 33.3 Å². The summed E-state index contributed by atoms with van der Waals surface area (Å²) in [6.07, 6.45) is 0. The van der Waals surface area contributed by atoms with E-state index >= 15 is 0 Å². The topological polar surface area (TPSA) is 55.0 Å². The molecular weight excluding hydrogens is 376 g/mol. The number of nitrogens with zero attached hydrogens (tertiary/aromatic N) is 1. The van der Waals surface area contributed by atoms with Crippen LogP contribution >= 0.6 is 23.1 Å². The zero-order valence-electron chi connectivity index (χ0n) is 14.8. The number of fused-ring (bicyclic) bond motifs is 1. The number of hydrogen-bond acceptors (Lipinski definition) is 5. The molecule has 0 amide bonds. The first-order valence-electron chi connectivity index (χ1n) is 8.52. The Kier molecular flexibility index (Phi) is 5.27. The average Bonchev–Trinajstić information content (AvgIpc) is 3.14. The van der Waals surface area contributed by atoms with Gasteiger partial charge in [-0.05, 0) is 17.7 Å². The number of thioether (sulfide) groups is 1. The fourth-order valence-corrected chi connectivity index (χ4v) is 4.82. The van der Waals surface area contributed by atoms with Gasteiger partial charge in [-0.3, -0.25) is 4.79 Å². The molecule has 2 aromatic heterocycles. The normalized spacial score (nSPS) is 11.0. The molecule has 0 aliphatic carbocycles. The van der Waals surface area contributed by atoms with Crippen LogP contribution in [0.5, 0.6) is 5.75 Å². The van der Waals surface area contributed by atoms with Gasteiger partial charge in [-0.15, -0.1) is 23.1 Å². The fourth-order valence-electron chi connectivity index (χ4n) is 2.87. The lowest BCUT2D eigenvalue weighted by molar-refractivity contribution is 0.411. The fraction of sp³-hybridized carbons (Fsp3) is 0.143. The molecule has 4 aromatic rings. The number of thiophene rings is 1. The molecule has 0 aliphatic heterocycles. The standard InChI is InChI=1S/C21H18N2O2S2/c1-25-17-10-6-5-9-15(17)12-26-13-19-22-20(24)16-11-18(27-21(16)23-19)14-7-3-2-4-8-14/h2-11H,12-13H2,1H3,(H,22,23,24). The monoisotopic (exact) mass is 394 g/mol. The summed E-state index contributed by atoms with van der Waals surface area (Å²) in [4.78, 5) is 21.9. The number of aromatic nitrogens is 2. The summed E-state index contributed by atoms with van der Waals surface area (Å²) in [5.41, 5.74) is 2.16. The molecule has 0 saturated heterocycles. The average molecular weight is 395 g/mol. The number of para-hydroxylation sites is 1. The van der Waals surface area contributed by atoms with Crippen LogP contribution in [0.2, 0.25) is 0 Å². The first-order valence-corrected chi connectivity index (χ1v) is 10.5. The number of methoxy groups -OCH3 is 1. The van der Waals surface area contributed by atoms with Crippen LogP contribution < -0.4 is 10.3 Å². The van der Waals surface area contributed by atoms with Crippen LogP contribution in [0.3, 0.4) is 0 Å². The van der Waals surface area contributed by atoms with Crippen molar-refractivity contribution < 1.29 is 4.74 Å². The molecule has 0 spiro atoms. The highest BCUT2D eigenvalue weighted by Crippen LogP contribution is 2.31. The Hall–Kier alpha value is -2.57. The number of aromatic amines is 1. The van der Waals surface area contributed by atoms with Crippen molar-refractivity contribution in [2.45, 2.75) is 11.5 Å². The first-order chi connectivity index (χ1) is 13.2.